The van der Waals surface area contributed by atoms with Gasteiger partial charge in [0.1, 0.15) is 17.3 Å². The Hall–Kier alpha value is -4.82. The quantitative estimate of drug-likeness (QED) is 0.143. The second kappa shape index (κ2) is 10.3. The zero-order chi connectivity index (χ0) is 33.6. The van der Waals surface area contributed by atoms with Gasteiger partial charge in [-0.15, -0.1) is 36.4 Å². The van der Waals surface area contributed by atoms with Crippen molar-refractivity contribution in [2.24, 2.45) is 0 Å². The van der Waals surface area contributed by atoms with Crippen LogP contribution in [0.1, 0.15) is 23.9 Å². The van der Waals surface area contributed by atoms with E-state index < -0.39 is 75.0 Å². The second-order valence-corrected chi connectivity index (χ2v) is 12.5. The normalized spacial score (nSPS) is 25.2. The van der Waals surface area contributed by atoms with Crippen LogP contribution in [0.25, 0.3) is 5.69 Å². The number of para-hydroxylation sites is 1. The Morgan fingerprint density at radius 2 is 1.55 bits per heavy atom. The number of nitrogens with zero attached hydrogens (tertiary/aromatic N) is 4. The van der Waals surface area contributed by atoms with Crippen molar-refractivity contribution in [3.05, 3.63) is 117 Å². The first-order valence-corrected chi connectivity index (χ1v) is 14.7. The molecule has 4 aromatic rings. The van der Waals surface area contributed by atoms with Crippen molar-refractivity contribution in [3.63, 3.8) is 0 Å². The summed E-state index contributed by atoms with van der Waals surface area (Å²) in [5.74, 6) is -5.88. The highest BCUT2D eigenvalue weighted by Gasteiger charge is 2.76. The topological polar surface area (TPSA) is 116 Å². The van der Waals surface area contributed by atoms with Gasteiger partial charge >= 0.3 is 17.7 Å². The van der Waals surface area contributed by atoms with Crippen molar-refractivity contribution >= 4 is 40.7 Å². The van der Waals surface area contributed by atoms with Gasteiger partial charge in [0.05, 0.1) is 24.0 Å². The predicted octanol–water partition coefficient (Wildman–Crippen LogP) is 4.74. The maximum atomic E-state index is 14.3. The third-order valence-corrected chi connectivity index (χ3v) is 10.1. The molecule has 2 amide bonds. The summed E-state index contributed by atoms with van der Waals surface area (Å²) in [5.41, 5.74) is -1.66. The van der Waals surface area contributed by atoms with E-state index in [4.69, 9.17) is 23.2 Å². The molecule has 3 heterocycles. The number of imide groups is 1. The van der Waals surface area contributed by atoms with Gasteiger partial charge in [0.15, 0.2) is 9.75 Å². The molecule has 2 fully saturated rings. The minimum atomic E-state index is -5.13. The number of ether oxygens (including phenoxy) is 1. The van der Waals surface area contributed by atoms with Crippen molar-refractivity contribution in [3.8, 4) is 17.2 Å². The van der Waals surface area contributed by atoms with Crippen molar-refractivity contribution in [1.82, 2.24) is 13.9 Å². The van der Waals surface area contributed by atoms with Crippen LogP contribution in [0.2, 0.25) is 0 Å². The van der Waals surface area contributed by atoms with Gasteiger partial charge < -0.3 is 9.84 Å². The van der Waals surface area contributed by atoms with Crippen LogP contribution < -0.4 is 21.0 Å². The first kappa shape index (κ1) is 30.8. The van der Waals surface area contributed by atoms with E-state index >= 15 is 0 Å². The third kappa shape index (κ3) is 4.38. The number of halogens is 6. The number of hydrogen-bond donors (Lipinski definition) is 1. The molecule has 47 heavy (non-hydrogen) atoms. The Morgan fingerprint density at radius 1 is 0.872 bits per heavy atom. The lowest BCUT2D eigenvalue weighted by molar-refractivity contribution is -0.274. The molecule has 1 N–H and O–H groups in total. The van der Waals surface area contributed by atoms with Gasteiger partial charge in [0.2, 0.25) is 0 Å². The van der Waals surface area contributed by atoms with Crippen molar-refractivity contribution < 1.29 is 37.0 Å². The Labute approximate surface area is 271 Å². The minimum absolute atomic E-state index is 0.103. The summed E-state index contributed by atoms with van der Waals surface area (Å²) >= 11 is 14.4. The van der Waals surface area contributed by atoms with E-state index in [0.29, 0.717) is 4.90 Å². The van der Waals surface area contributed by atoms with Crippen LogP contribution in [0.4, 0.5) is 23.2 Å². The lowest BCUT2D eigenvalue weighted by atomic mass is 9.64. The Balaban J connectivity index is 1.48. The molecule has 10 nitrogen and oxygen atoms in total. The Kier molecular flexibility index (Phi) is 6.78. The number of hydrogen-bond acceptors (Lipinski definition) is 6. The minimum Gasteiger partial charge on any atom is -0.508 e. The second-order valence-electron chi connectivity index (χ2n) is 11.2. The molecule has 1 saturated carbocycles. The van der Waals surface area contributed by atoms with Gasteiger partial charge in [0, 0.05) is 17.9 Å². The molecule has 4 unspecified atom stereocenters. The van der Waals surface area contributed by atoms with E-state index in [1.165, 1.54) is 18.2 Å². The maximum Gasteiger partial charge on any atom is 0.573 e. The summed E-state index contributed by atoms with van der Waals surface area (Å²) in [4.78, 5) is 51.8. The van der Waals surface area contributed by atoms with Gasteiger partial charge in [-0.2, -0.15) is 0 Å². The van der Waals surface area contributed by atoms with E-state index in [1.54, 1.807) is 18.2 Å². The van der Waals surface area contributed by atoms with Crippen LogP contribution in [0.5, 0.6) is 11.5 Å². The van der Waals surface area contributed by atoms with E-state index in [0.717, 1.165) is 56.4 Å². The number of fused-ring (bicyclic) bond motifs is 4. The monoisotopic (exact) mass is 690 g/mol. The number of carbonyl (C=O) groups is 2. The number of alkyl halides is 5. The zero-order valence-corrected chi connectivity index (χ0v) is 25.1. The third-order valence-electron chi connectivity index (χ3n) is 8.72. The molecule has 1 aliphatic carbocycles. The lowest BCUT2D eigenvalue weighted by Crippen LogP contribution is -2.59. The number of phenolic OH excluding ortho intramolecular Hbond substituents is 1. The standard InChI is InChI=1S/C31H20Cl2F4N4O6/c32-29-15-22-20(12-13-38-27(45)40(28(46)41(22)38)17-4-2-1-3-5-17)24(21-14-19(10-11-23(21)42)47-31(35,36)37)30(29,33)26(44)39(25(29)43)18-8-6-16(34)7-9-18/h1-12,14,22,24,42H,13,15H2. The summed E-state index contributed by atoms with van der Waals surface area (Å²) in [5, 5.41) is 11.1. The summed E-state index contributed by atoms with van der Waals surface area (Å²) in [6.45, 7) is -0.248. The number of aromatic nitrogens is 3. The molecular weight excluding hydrogens is 671 g/mol. The highest BCUT2D eigenvalue weighted by atomic mass is 35.5. The molecule has 3 aromatic carbocycles. The number of benzene rings is 3. The highest BCUT2D eigenvalue weighted by molar-refractivity contribution is 6.58. The van der Waals surface area contributed by atoms with E-state index in [2.05, 4.69) is 4.74 Å². The van der Waals surface area contributed by atoms with Crippen LogP contribution in [0.3, 0.4) is 0 Å². The van der Waals surface area contributed by atoms with Gasteiger partial charge in [-0.1, -0.05) is 24.3 Å². The van der Waals surface area contributed by atoms with Crippen LogP contribution in [-0.2, 0) is 16.1 Å². The number of rotatable bonds is 4. The van der Waals surface area contributed by atoms with Gasteiger partial charge in [-0.05, 0) is 60.2 Å². The Morgan fingerprint density at radius 3 is 2.21 bits per heavy atom. The summed E-state index contributed by atoms with van der Waals surface area (Å²) in [6, 6.07) is 13.5. The molecule has 1 saturated heterocycles. The molecule has 7 rings (SSSR count). The lowest BCUT2D eigenvalue weighted by Gasteiger charge is -2.49. The molecule has 0 radical (unpaired) electrons. The number of phenols is 1. The molecule has 0 spiro atoms. The molecule has 4 atom stereocenters. The zero-order valence-electron chi connectivity index (χ0n) is 23.6. The van der Waals surface area contributed by atoms with Crippen LogP contribution in [0, 0.1) is 5.82 Å². The molecular formula is C31H20Cl2F4N4O6. The van der Waals surface area contributed by atoms with E-state index in [9.17, 15) is 41.8 Å². The van der Waals surface area contributed by atoms with E-state index in [-0.39, 0.29) is 29.1 Å². The molecule has 0 bridgehead atoms. The summed E-state index contributed by atoms with van der Waals surface area (Å²) in [7, 11) is 0. The van der Waals surface area contributed by atoms with Crippen molar-refractivity contribution in [1.29, 1.82) is 0 Å². The highest BCUT2D eigenvalue weighted by Crippen LogP contribution is 2.64. The largest absolute Gasteiger partial charge is 0.573 e. The number of aromatic hydroxyl groups is 1. The maximum absolute atomic E-state index is 14.3. The number of amides is 2. The van der Waals surface area contributed by atoms with Crippen LogP contribution >= 0.6 is 23.2 Å². The molecule has 3 aliphatic rings. The van der Waals surface area contributed by atoms with Crippen molar-refractivity contribution in [2.75, 3.05) is 4.90 Å². The van der Waals surface area contributed by atoms with Crippen LogP contribution in [-0.4, -0.2) is 47.0 Å². The average Bonchev–Trinajstić information content (AvgIpc) is 3.36. The molecule has 242 valence electrons. The predicted molar refractivity (Wildman–Crippen MR) is 160 cm³/mol. The number of allylic oxidation sites excluding steroid dienone is 2. The summed E-state index contributed by atoms with van der Waals surface area (Å²) < 4.78 is 60.7. The van der Waals surface area contributed by atoms with E-state index in [1.807, 2.05) is 0 Å². The van der Waals surface area contributed by atoms with Crippen LogP contribution in [0.15, 0.2) is 94.0 Å². The molecule has 1 aromatic heterocycles. The number of anilines is 1. The summed E-state index contributed by atoms with van der Waals surface area (Å²) in [6.07, 6.45) is -4.20. The molecule has 2 aliphatic heterocycles. The van der Waals surface area contributed by atoms with Gasteiger partial charge in [-0.25, -0.2) is 32.8 Å². The first-order chi connectivity index (χ1) is 22.2. The number of carbonyl (C=O) groups excluding carboxylic acids is 2. The van der Waals surface area contributed by atoms with Gasteiger partial charge in [-0.3, -0.25) is 9.59 Å². The average molecular weight is 691 g/mol. The van der Waals surface area contributed by atoms with Gasteiger partial charge in [0.25, 0.3) is 11.8 Å². The fourth-order valence-electron chi connectivity index (χ4n) is 6.77. The Bertz CT molecular complexity index is 2130. The SMILES string of the molecule is O=C1N(c2ccc(F)cc2)C(=O)C2(Cl)C(c3cc(OC(F)(F)F)ccc3O)C3=CCn4c(=O)n(-c5ccccc5)c(=O)n4C3CC12Cl. The van der Waals surface area contributed by atoms with Crippen molar-refractivity contribution in [2.45, 2.75) is 41.0 Å². The fraction of sp³-hybridized carbons (Fsp3) is 0.226. The first-order valence-electron chi connectivity index (χ1n) is 14.0. The molecule has 16 heteroatoms. The fourth-order valence-corrected chi connectivity index (χ4v) is 7.67. The smallest absolute Gasteiger partial charge is 0.508 e.